The molecule has 0 amide bonds. The molecule has 0 bridgehead atoms. The van der Waals surface area contributed by atoms with Gasteiger partial charge in [0.1, 0.15) is 0 Å². The largest absolute Gasteiger partial charge is 0.364 e. The van der Waals surface area contributed by atoms with Crippen LogP contribution in [0.5, 0.6) is 0 Å². The number of anilines is 3. The molecule has 0 aliphatic carbocycles. The van der Waals surface area contributed by atoms with Crippen LogP contribution >= 0.6 is 0 Å². The van der Waals surface area contributed by atoms with Crippen LogP contribution in [0.3, 0.4) is 0 Å². The van der Waals surface area contributed by atoms with Gasteiger partial charge in [-0.15, -0.1) is 5.10 Å². The first-order valence-corrected chi connectivity index (χ1v) is 6.93. The topological polar surface area (TPSA) is 99.4 Å². The van der Waals surface area contributed by atoms with E-state index in [0.717, 1.165) is 11.3 Å². The number of rotatable bonds is 5. The molecule has 3 aromatic rings. The second kappa shape index (κ2) is 6.95. The number of aromatic nitrogens is 4. The number of nitrogens with zero attached hydrogens (tertiary/aromatic N) is 5. The fourth-order valence-corrected chi connectivity index (χ4v) is 1.89. The summed E-state index contributed by atoms with van der Waals surface area (Å²) in [5.41, 5.74) is 2.43. The molecular formula is C16H13N7. The van der Waals surface area contributed by atoms with Gasteiger partial charge < -0.3 is 10.6 Å². The van der Waals surface area contributed by atoms with Gasteiger partial charge in [-0.3, -0.25) is 4.98 Å². The molecule has 2 N–H and O–H groups in total. The molecule has 3 rings (SSSR count). The monoisotopic (exact) mass is 303 g/mol. The second-order valence-electron chi connectivity index (χ2n) is 4.69. The van der Waals surface area contributed by atoms with E-state index in [1.54, 1.807) is 42.9 Å². The van der Waals surface area contributed by atoms with Crippen LogP contribution in [0.15, 0.2) is 55.0 Å². The zero-order chi connectivity index (χ0) is 15.9. The Labute approximate surface area is 133 Å². The Hall–Kier alpha value is -3.53. The van der Waals surface area contributed by atoms with Gasteiger partial charge in [-0.2, -0.15) is 15.3 Å². The van der Waals surface area contributed by atoms with Gasteiger partial charge in [0.2, 0.25) is 5.95 Å². The fraction of sp³-hybridized carbons (Fsp3) is 0.0625. The minimum absolute atomic E-state index is 0.380. The molecule has 23 heavy (non-hydrogen) atoms. The second-order valence-corrected chi connectivity index (χ2v) is 4.69. The fourth-order valence-electron chi connectivity index (χ4n) is 1.89. The summed E-state index contributed by atoms with van der Waals surface area (Å²) in [6.07, 6.45) is 5.08. The molecule has 0 spiro atoms. The smallest absolute Gasteiger partial charge is 0.249 e. The summed E-state index contributed by atoms with van der Waals surface area (Å²) < 4.78 is 0. The molecule has 0 aliphatic rings. The van der Waals surface area contributed by atoms with Crippen molar-refractivity contribution in [3.8, 4) is 6.07 Å². The maximum Gasteiger partial charge on any atom is 0.249 e. The highest BCUT2D eigenvalue weighted by molar-refractivity contribution is 5.55. The van der Waals surface area contributed by atoms with Crippen molar-refractivity contribution in [2.75, 3.05) is 10.6 Å². The van der Waals surface area contributed by atoms with Crippen LogP contribution in [-0.2, 0) is 6.54 Å². The molecule has 0 radical (unpaired) electrons. The summed E-state index contributed by atoms with van der Waals surface area (Å²) in [6, 6.07) is 13.0. The molecule has 112 valence electrons. The lowest BCUT2D eigenvalue weighted by molar-refractivity contribution is 0.964. The minimum Gasteiger partial charge on any atom is -0.364 e. The van der Waals surface area contributed by atoms with Gasteiger partial charge in [0, 0.05) is 24.6 Å². The van der Waals surface area contributed by atoms with Crippen LogP contribution in [0.2, 0.25) is 0 Å². The van der Waals surface area contributed by atoms with Crippen LogP contribution in [0.4, 0.5) is 17.5 Å². The highest BCUT2D eigenvalue weighted by atomic mass is 15.3. The predicted octanol–water partition coefficient (Wildman–Crippen LogP) is 2.49. The van der Waals surface area contributed by atoms with E-state index in [-0.39, 0.29) is 0 Å². The Balaban J connectivity index is 1.66. The van der Waals surface area contributed by atoms with E-state index in [1.165, 1.54) is 0 Å². The van der Waals surface area contributed by atoms with Crippen molar-refractivity contribution in [1.82, 2.24) is 20.2 Å². The third-order valence-corrected chi connectivity index (χ3v) is 3.03. The molecule has 2 aromatic heterocycles. The Morgan fingerprint density at radius 1 is 1.09 bits per heavy atom. The Bertz CT molecular complexity index is 810. The van der Waals surface area contributed by atoms with Crippen molar-refractivity contribution in [2.45, 2.75) is 6.54 Å². The number of hydrogen-bond acceptors (Lipinski definition) is 7. The zero-order valence-corrected chi connectivity index (χ0v) is 12.1. The van der Waals surface area contributed by atoms with E-state index in [9.17, 15) is 0 Å². The molecule has 0 fully saturated rings. The van der Waals surface area contributed by atoms with Crippen LogP contribution in [0, 0.1) is 11.3 Å². The Morgan fingerprint density at radius 3 is 2.70 bits per heavy atom. The van der Waals surface area contributed by atoms with Crippen LogP contribution in [0.25, 0.3) is 0 Å². The van der Waals surface area contributed by atoms with E-state index in [4.69, 9.17) is 5.26 Å². The molecule has 0 atom stereocenters. The first-order valence-electron chi connectivity index (χ1n) is 6.93. The van der Waals surface area contributed by atoms with E-state index in [0.29, 0.717) is 23.9 Å². The molecule has 7 heteroatoms. The van der Waals surface area contributed by atoms with Crippen molar-refractivity contribution in [2.24, 2.45) is 0 Å². The normalized spacial score (nSPS) is 9.87. The number of hydrogen-bond donors (Lipinski definition) is 2. The average Bonchev–Trinajstić information content (AvgIpc) is 2.62. The number of nitrogens with one attached hydrogen (secondary N) is 2. The van der Waals surface area contributed by atoms with Gasteiger partial charge in [-0.1, -0.05) is 6.07 Å². The van der Waals surface area contributed by atoms with Crippen molar-refractivity contribution < 1.29 is 0 Å². The Kier molecular flexibility index (Phi) is 4.36. The van der Waals surface area contributed by atoms with Crippen molar-refractivity contribution in [3.63, 3.8) is 0 Å². The minimum atomic E-state index is 0.380. The van der Waals surface area contributed by atoms with E-state index >= 15 is 0 Å². The van der Waals surface area contributed by atoms with Crippen LogP contribution < -0.4 is 10.6 Å². The molecule has 2 heterocycles. The standard InChI is InChI=1S/C16H13N7/c17-8-12-3-5-14(6-4-12)21-16-22-15(11-20-23-16)19-10-13-2-1-7-18-9-13/h1-7,9,11H,10H2,(H2,19,21,22,23). The predicted molar refractivity (Wildman–Crippen MR) is 85.8 cm³/mol. The number of nitriles is 1. The van der Waals surface area contributed by atoms with Gasteiger partial charge in [-0.25, -0.2) is 0 Å². The average molecular weight is 303 g/mol. The van der Waals surface area contributed by atoms with Gasteiger partial charge >= 0.3 is 0 Å². The first kappa shape index (κ1) is 14.4. The van der Waals surface area contributed by atoms with Crippen LogP contribution in [-0.4, -0.2) is 20.2 Å². The van der Waals surface area contributed by atoms with Crippen molar-refractivity contribution >= 4 is 17.5 Å². The maximum atomic E-state index is 8.79. The third kappa shape index (κ3) is 3.98. The highest BCUT2D eigenvalue weighted by Gasteiger charge is 2.02. The van der Waals surface area contributed by atoms with Crippen molar-refractivity contribution in [1.29, 1.82) is 5.26 Å². The summed E-state index contributed by atoms with van der Waals surface area (Å²) in [4.78, 5) is 8.41. The summed E-state index contributed by atoms with van der Waals surface area (Å²) >= 11 is 0. The molecular weight excluding hydrogens is 290 g/mol. The molecule has 0 saturated heterocycles. The summed E-state index contributed by atoms with van der Waals surface area (Å²) in [5, 5.41) is 22.9. The summed E-state index contributed by atoms with van der Waals surface area (Å²) in [7, 11) is 0. The van der Waals surface area contributed by atoms with E-state index < -0.39 is 0 Å². The maximum absolute atomic E-state index is 8.79. The number of pyridine rings is 1. The van der Waals surface area contributed by atoms with E-state index in [1.807, 2.05) is 12.1 Å². The van der Waals surface area contributed by atoms with Gasteiger partial charge in [0.05, 0.1) is 17.8 Å². The SMILES string of the molecule is N#Cc1ccc(Nc2nncc(NCc3cccnc3)n2)cc1. The summed E-state index contributed by atoms with van der Waals surface area (Å²) in [6.45, 7) is 0.600. The molecule has 7 nitrogen and oxygen atoms in total. The third-order valence-electron chi connectivity index (χ3n) is 3.03. The van der Waals surface area contributed by atoms with Gasteiger partial charge in [0.15, 0.2) is 5.82 Å². The van der Waals surface area contributed by atoms with Crippen molar-refractivity contribution in [3.05, 3.63) is 66.1 Å². The van der Waals surface area contributed by atoms with Gasteiger partial charge in [-0.05, 0) is 35.9 Å². The van der Waals surface area contributed by atoms with Gasteiger partial charge in [0.25, 0.3) is 0 Å². The lowest BCUT2D eigenvalue weighted by Crippen LogP contribution is -2.05. The number of benzene rings is 1. The first-order chi connectivity index (χ1) is 11.3. The van der Waals surface area contributed by atoms with E-state index in [2.05, 4.69) is 36.9 Å². The van der Waals surface area contributed by atoms with Crippen LogP contribution in [0.1, 0.15) is 11.1 Å². The lowest BCUT2D eigenvalue weighted by Gasteiger charge is -2.07. The molecule has 1 aromatic carbocycles. The zero-order valence-electron chi connectivity index (χ0n) is 12.1. The quantitative estimate of drug-likeness (QED) is 0.747. The Morgan fingerprint density at radius 2 is 1.96 bits per heavy atom. The summed E-state index contributed by atoms with van der Waals surface area (Å²) in [5.74, 6) is 0.992. The molecule has 0 saturated carbocycles. The molecule has 0 unspecified atom stereocenters. The lowest BCUT2D eigenvalue weighted by atomic mass is 10.2. The highest BCUT2D eigenvalue weighted by Crippen LogP contribution is 2.14. The molecule has 0 aliphatic heterocycles.